The van der Waals surface area contributed by atoms with Gasteiger partial charge >= 0.3 is 5.97 Å². The van der Waals surface area contributed by atoms with Crippen LogP contribution in [0.4, 0.5) is 0 Å². The number of carbonyl (C=O) groups is 2. The molecule has 1 aliphatic carbocycles. The summed E-state index contributed by atoms with van der Waals surface area (Å²) in [7, 11) is 1.45. The van der Waals surface area contributed by atoms with Crippen LogP contribution in [0.5, 0.6) is 5.75 Å². The highest BCUT2D eigenvalue weighted by Gasteiger charge is 2.33. The van der Waals surface area contributed by atoms with Crippen molar-refractivity contribution in [2.45, 2.75) is 50.7 Å². The number of carboxylic acid groups (broad SMARTS) is 1. The number of hydrogen-bond acceptors (Lipinski definition) is 6. The summed E-state index contributed by atoms with van der Waals surface area (Å²) in [5.74, 6) is -0.966. The van der Waals surface area contributed by atoms with E-state index in [0.717, 1.165) is 19.3 Å². The lowest BCUT2D eigenvalue weighted by Crippen LogP contribution is -2.38. The van der Waals surface area contributed by atoms with E-state index in [1.54, 1.807) is 30.3 Å². The van der Waals surface area contributed by atoms with E-state index in [1.165, 1.54) is 36.1 Å². The summed E-state index contributed by atoms with van der Waals surface area (Å²) in [5.41, 5.74) is 1.28. The van der Waals surface area contributed by atoms with Crippen LogP contribution in [0.15, 0.2) is 59.5 Å². The maximum Gasteiger partial charge on any atom is 0.335 e. The molecule has 8 nitrogen and oxygen atoms in total. The quantitative estimate of drug-likeness (QED) is 0.338. The standard InChI is InChI=1S/C30H29ClN2O6/c1-30(11-3-12-30)39-13-10-25(26(34)14-19-4-6-20(7-5-19)29(36)37)33-18-27(38-2)24(16-28(33)35)23-15-22(31)9-8-21(23)17-32/h4-9,15-16,18,25H,3,10-14H2,1-2H3,(H,36,37). The molecule has 1 N–H and O–H groups in total. The maximum atomic E-state index is 13.6. The summed E-state index contributed by atoms with van der Waals surface area (Å²) >= 11 is 6.17. The van der Waals surface area contributed by atoms with Crippen LogP contribution < -0.4 is 10.3 Å². The van der Waals surface area contributed by atoms with Crippen LogP contribution in [0.3, 0.4) is 0 Å². The molecule has 202 valence electrons. The van der Waals surface area contributed by atoms with Gasteiger partial charge in [0.25, 0.3) is 5.56 Å². The van der Waals surface area contributed by atoms with E-state index in [2.05, 4.69) is 6.07 Å². The molecule has 1 aliphatic rings. The maximum absolute atomic E-state index is 13.6. The largest absolute Gasteiger partial charge is 0.495 e. The van der Waals surface area contributed by atoms with Crippen LogP contribution in [0, 0.1) is 11.3 Å². The molecule has 4 rings (SSSR count). The Morgan fingerprint density at radius 3 is 2.46 bits per heavy atom. The average Bonchev–Trinajstić information content (AvgIpc) is 2.90. The molecule has 2 aromatic carbocycles. The zero-order chi connectivity index (χ0) is 28.2. The van der Waals surface area contributed by atoms with E-state index in [9.17, 15) is 19.6 Å². The van der Waals surface area contributed by atoms with Crippen molar-refractivity contribution in [3.05, 3.63) is 86.8 Å². The number of Topliss-reactive ketones (excluding diaryl/α,β-unsaturated/α-hetero) is 1. The highest BCUT2D eigenvalue weighted by molar-refractivity contribution is 6.31. The third kappa shape index (κ3) is 6.39. The number of benzene rings is 2. The number of carbonyl (C=O) groups excluding carboxylic acids is 1. The summed E-state index contributed by atoms with van der Waals surface area (Å²) in [6, 6.07) is 13.5. The molecule has 1 unspecified atom stereocenters. The van der Waals surface area contributed by atoms with E-state index in [1.807, 2.05) is 6.92 Å². The molecule has 0 spiro atoms. The molecule has 39 heavy (non-hydrogen) atoms. The molecule has 0 aliphatic heterocycles. The first-order chi connectivity index (χ1) is 18.6. The monoisotopic (exact) mass is 548 g/mol. The normalized spacial score (nSPS) is 14.6. The number of pyridine rings is 1. The number of methoxy groups -OCH3 is 1. The van der Waals surface area contributed by atoms with Gasteiger partial charge in [-0.15, -0.1) is 0 Å². The van der Waals surface area contributed by atoms with Crippen molar-refractivity contribution < 1.29 is 24.2 Å². The Labute approximate surface area is 231 Å². The molecule has 1 saturated carbocycles. The Morgan fingerprint density at radius 2 is 1.87 bits per heavy atom. The fourth-order valence-electron chi connectivity index (χ4n) is 4.76. The third-order valence-electron chi connectivity index (χ3n) is 7.20. The SMILES string of the molecule is COc1cn(C(CCOC2(C)CCC2)C(=O)Cc2ccc(C(=O)O)cc2)c(=O)cc1-c1cc(Cl)ccc1C#N. The van der Waals surface area contributed by atoms with Gasteiger partial charge in [0, 0.05) is 35.2 Å². The number of nitrogens with zero attached hydrogens (tertiary/aromatic N) is 2. The zero-order valence-corrected chi connectivity index (χ0v) is 22.5. The van der Waals surface area contributed by atoms with Crippen molar-refractivity contribution >= 4 is 23.4 Å². The lowest BCUT2D eigenvalue weighted by atomic mass is 9.82. The first kappa shape index (κ1) is 28.1. The molecule has 1 fully saturated rings. The molecule has 1 atom stereocenters. The molecule has 3 aromatic rings. The third-order valence-corrected chi connectivity index (χ3v) is 7.43. The lowest BCUT2D eigenvalue weighted by molar-refractivity contribution is -0.124. The number of halogens is 1. The van der Waals surface area contributed by atoms with Crippen LogP contribution in [0.1, 0.15) is 60.1 Å². The summed E-state index contributed by atoms with van der Waals surface area (Å²) < 4.78 is 13.0. The number of hydrogen-bond donors (Lipinski definition) is 1. The number of aromatic carboxylic acids is 1. The molecule has 0 radical (unpaired) electrons. The van der Waals surface area contributed by atoms with Crippen LogP contribution in [-0.4, -0.2) is 40.7 Å². The topological polar surface area (TPSA) is 119 Å². The minimum atomic E-state index is -1.05. The van der Waals surface area contributed by atoms with Crippen LogP contribution in [-0.2, 0) is 16.0 Å². The van der Waals surface area contributed by atoms with Crippen molar-refractivity contribution in [2.75, 3.05) is 13.7 Å². The van der Waals surface area contributed by atoms with Gasteiger partial charge < -0.3 is 19.1 Å². The van der Waals surface area contributed by atoms with Gasteiger partial charge in [-0.05, 0) is 68.5 Å². The second kappa shape index (κ2) is 11.9. The van der Waals surface area contributed by atoms with Gasteiger partial charge in [-0.3, -0.25) is 9.59 Å². The molecule has 0 saturated heterocycles. The lowest BCUT2D eigenvalue weighted by Gasteiger charge is -2.38. The molecule has 9 heteroatoms. The highest BCUT2D eigenvalue weighted by atomic mass is 35.5. The summed E-state index contributed by atoms with van der Waals surface area (Å²) in [4.78, 5) is 38.2. The van der Waals surface area contributed by atoms with Crippen molar-refractivity contribution in [3.63, 3.8) is 0 Å². The van der Waals surface area contributed by atoms with E-state index in [-0.39, 0.29) is 36.4 Å². The van der Waals surface area contributed by atoms with E-state index in [4.69, 9.17) is 26.2 Å². The Hall–Kier alpha value is -3.93. The van der Waals surface area contributed by atoms with E-state index >= 15 is 0 Å². The zero-order valence-electron chi connectivity index (χ0n) is 21.8. The van der Waals surface area contributed by atoms with Crippen molar-refractivity contribution in [1.29, 1.82) is 5.26 Å². The van der Waals surface area contributed by atoms with E-state index < -0.39 is 17.6 Å². The molecule has 0 amide bonds. The van der Waals surface area contributed by atoms with Crippen LogP contribution in [0.25, 0.3) is 11.1 Å². The molecule has 1 aromatic heterocycles. The Kier molecular flexibility index (Phi) is 8.54. The number of ether oxygens (including phenoxy) is 2. The predicted octanol–water partition coefficient (Wildman–Crippen LogP) is 5.45. The number of aromatic nitrogens is 1. The average molecular weight is 549 g/mol. The smallest absolute Gasteiger partial charge is 0.335 e. The molecular weight excluding hydrogens is 520 g/mol. The minimum absolute atomic E-state index is 0.00517. The van der Waals surface area contributed by atoms with Crippen molar-refractivity contribution in [1.82, 2.24) is 4.57 Å². The first-order valence-corrected chi connectivity index (χ1v) is 13.0. The van der Waals surface area contributed by atoms with Crippen LogP contribution >= 0.6 is 11.6 Å². The Balaban J connectivity index is 1.69. The van der Waals surface area contributed by atoms with Crippen molar-refractivity contribution in [3.8, 4) is 22.9 Å². The highest BCUT2D eigenvalue weighted by Crippen LogP contribution is 2.36. The fourth-order valence-corrected chi connectivity index (χ4v) is 4.93. The van der Waals surface area contributed by atoms with E-state index in [0.29, 0.717) is 33.0 Å². The van der Waals surface area contributed by atoms with Gasteiger partial charge in [0.2, 0.25) is 0 Å². The predicted molar refractivity (Wildman–Crippen MR) is 146 cm³/mol. The van der Waals surface area contributed by atoms with Crippen molar-refractivity contribution in [2.24, 2.45) is 0 Å². The van der Waals surface area contributed by atoms with Gasteiger partial charge in [-0.25, -0.2) is 4.79 Å². The number of rotatable bonds is 11. The van der Waals surface area contributed by atoms with Gasteiger partial charge in [0.05, 0.1) is 42.1 Å². The number of nitriles is 1. The first-order valence-electron chi connectivity index (χ1n) is 12.6. The van der Waals surface area contributed by atoms with Gasteiger partial charge in [-0.2, -0.15) is 5.26 Å². The number of carboxylic acids is 1. The minimum Gasteiger partial charge on any atom is -0.495 e. The Morgan fingerprint density at radius 1 is 1.15 bits per heavy atom. The van der Waals surface area contributed by atoms with Gasteiger partial charge in [-0.1, -0.05) is 23.7 Å². The molecule has 1 heterocycles. The summed E-state index contributed by atoms with van der Waals surface area (Å²) in [6.07, 6.45) is 4.75. The van der Waals surface area contributed by atoms with Crippen LogP contribution in [0.2, 0.25) is 5.02 Å². The molecular formula is C30H29ClN2O6. The van der Waals surface area contributed by atoms with Gasteiger partial charge in [0.1, 0.15) is 5.75 Å². The summed E-state index contributed by atoms with van der Waals surface area (Å²) in [5, 5.41) is 19.1. The summed E-state index contributed by atoms with van der Waals surface area (Å²) in [6.45, 7) is 2.33. The Bertz CT molecular complexity index is 1480. The molecule has 0 bridgehead atoms. The van der Waals surface area contributed by atoms with Gasteiger partial charge in [0.15, 0.2) is 5.78 Å². The fraction of sp³-hybridized carbons (Fsp3) is 0.333. The second-order valence-electron chi connectivity index (χ2n) is 9.90. The number of ketones is 1. The second-order valence-corrected chi connectivity index (χ2v) is 10.3.